The van der Waals surface area contributed by atoms with Crippen molar-refractivity contribution in [3.05, 3.63) is 62.0 Å². The van der Waals surface area contributed by atoms with Gasteiger partial charge in [0.1, 0.15) is 5.75 Å². The van der Waals surface area contributed by atoms with E-state index in [1.807, 2.05) is 24.3 Å². The van der Waals surface area contributed by atoms with E-state index in [0.29, 0.717) is 0 Å². The van der Waals surface area contributed by atoms with Gasteiger partial charge in [0.25, 0.3) is 0 Å². The standard InChI is InChI=1S/C15H15Br2NO/c1-9-5-10(7-11(16)6-9)15(18)13-4-3-12(19-2)8-14(13)17/h3-8,15H,18H2,1-2H3. The number of benzene rings is 2. The van der Waals surface area contributed by atoms with Gasteiger partial charge in [0.05, 0.1) is 13.2 Å². The van der Waals surface area contributed by atoms with E-state index >= 15 is 0 Å². The molecule has 0 aliphatic rings. The van der Waals surface area contributed by atoms with Gasteiger partial charge >= 0.3 is 0 Å². The third kappa shape index (κ3) is 3.38. The van der Waals surface area contributed by atoms with E-state index in [2.05, 4.69) is 50.9 Å². The van der Waals surface area contributed by atoms with Crippen molar-refractivity contribution in [2.75, 3.05) is 7.11 Å². The van der Waals surface area contributed by atoms with E-state index in [9.17, 15) is 0 Å². The maximum atomic E-state index is 6.35. The van der Waals surface area contributed by atoms with Crippen LogP contribution in [-0.4, -0.2) is 7.11 Å². The molecule has 0 radical (unpaired) electrons. The molecule has 1 unspecified atom stereocenters. The van der Waals surface area contributed by atoms with Crippen LogP contribution in [0.25, 0.3) is 0 Å². The average Bonchev–Trinajstić information content (AvgIpc) is 2.36. The molecule has 2 nitrogen and oxygen atoms in total. The minimum absolute atomic E-state index is 0.170. The molecule has 2 aromatic carbocycles. The fourth-order valence-electron chi connectivity index (χ4n) is 2.01. The molecular weight excluding hydrogens is 370 g/mol. The Bertz CT molecular complexity index is 578. The fraction of sp³-hybridized carbons (Fsp3) is 0.200. The topological polar surface area (TPSA) is 35.2 Å². The molecule has 0 spiro atoms. The van der Waals surface area contributed by atoms with Crippen molar-refractivity contribution in [3.8, 4) is 5.75 Å². The molecule has 0 aliphatic heterocycles. The van der Waals surface area contributed by atoms with E-state index < -0.39 is 0 Å². The second-order valence-corrected chi connectivity index (χ2v) is 6.20. The first-order chi connectivity index (χ1) is 9.01. The van der Waals surface area contributed by atoms with Crippen LogP contribution in [0.4, 0.5) is 0 Å². The monoisotopic (exact) mass is 383 g/mol. The van der Waals surface area contributed by atoms with E-state index in [0.717, 1.165) is 25.8 Å². The highest BCUT2D eigenvalue weighted by atomic mass is 79.9. The summed E-state index contributed by atoms with van der Waals surface area (Å²) in [7, 11) is 1.65. The Kier molecular flexibility index (Phi) is 4.66. The van der Waals surface area contributed by atoms with Crippen LogP contribution < -0.4 is 10.5 Å². The van der Waals surface area contributed by atoms with E-state index in [1.165, 1.54) is 5.56 Å². The van der Waals surface area contributed by atoms with Gasteiger partial charge in [-0.25, -0.2) is 0 Å². The fourth-order valence-corrected chi connectivity index (χ4v) is 3.24. The third-order valence-electron chi connectivity index (χ3n) is 2.97. The molecule has 4 heteroatoms. The molecule has 0 aromatic heterocycles. The lowest BCUT2D eigenvalue weighted by atomic mass is 9.98. The maximum Gasteiger partial charge on any atom is 0.120 e. The maximum absolute atomic E-state index is 6.35. The Hall–Kier alpha value is -0.840. The van der Waals surface area contributed by atoms with Gasteiger partial charge in [0, 0.05) is 8.95 Å². The first-order valence-electron chi connectivity index (χ1n) is 5.87. The largest absolute Gasteiger partial charge is 0.497 e. The number of rotatable bonds is 3. The number of ether oxygens (including phenoxy) is 1. The lowest BCUT2D eigenvalue weighted by molar-refractivity contribution is 0.414. The molecule has 0 amide bonds. The molecule has 100 valence electrons. The summed E-state index contributed by atoms with van der Waals surface area (Å²) < 4.78 is 7.19. The number of nitrogens with two attached hydrogens (primary N) is 1. The Labute approximate surface area is 130 Å². The smallest absolute Gasteiger partial charge is 0.120 e. The minimum atomic E-state index is -0.170. The molecule has 0 heterocycles. The van der Waals surface area contributed by atoms with Crippen molar-refractivity contribution < 1.29 is 4.74 Å². The molecule has 0 aliphatic carbocycles. The van der Waals surface area contributed by atoms with Crippen LogP contribution in [0.2, 0.25) is 0 Å². The van der Waals surface area contributed by atoms with Crippen molar-refractivity contribution in [2.24, 2.45) is 5.73 Å². The summed E-state index contributed by atoms with van der Waals surface area (Å²) in [4.78, 5) is 0. The molecule has 0 saturated carbocycles. The van der Waals surface area contributed by atoms with E-state index in [4.69, 9.17) is 10.5 Å². The zero-order valence-electron chi connectivity index (χ0n) is 10.8. The molecule has 2 aromatic rings. The average molecular weight is 385 g/mol. The van der Waals surface area contributed by atoms with Crippen molar-refractivity contribution in [3.63, 3.8) is 0 Å². The summed E-state index contributed by atoms with van der Waals surface area (Å²) >= 11 is 7.06. The molecule has 19 heavy (non-hydrogen) atoms. The third-order valence-corrected chi connectivity index (χ3v) is 4.11. The first kappa shape index (κ1) is 14.6. The van der Waals surface area contributed by atoms with Crippen LogP contribution in [0.15, 0.2) is 45.3 Å². The van der Waals surface area contributed by atoms with Gasteiger partial charge in [-0.2, -0.15) is 0 Å². The van der Waals surface area contributed by atoms with Crippen molar-refractivity contribution in [1.29, 1.82) is 0 Å². The first-order valence-corrected chi connectivity index (χ1v) is 7.46. The lowest BCUT2D eigenvalue weighted by Crippen LogP contribution is -2.12. The molecule has 1 atom stereocenters. The van der Waals surface area contributed by atoms with Crippen LogP contribution in [0, 0.1) is 6.92 Å². The summed E-state index contributed by atoms with van der Waals surface area (Å²) in [6.45, 7) is 2.06. The second-order valence-electron chi connectivity index (χ2n) is 4.43. The Morgan fingerprint density at radius 2 is 1.84 bits per heavy atom. The number of methoxy groups -OCH3 is 1. The minimum Gasteiger partial charge on any atom is -0.497 e. The van der Waals surface area contributed by atoms with Crippen LogP contribution >= 0.6 is 31.9 Å². The highest BCUT2D eigenvalue weighted by Crippen LogP contribution is 2.31. The second kappa shape index (κ2) is 6.07. The quantitative estimate of drug-likeness (QED) is 0.840. The summed E-state index contributed by atoms with van der Waals surface area (Å²) in [5.74, 6) is 0.813. The van der Waals surface area contributed by atoms with Crippen LogP contribution in [-0.2, 0) is 0 Å². The van der Waals surface area contributed by atoms with Crippen molar-refractivity contribution in [1.82, 2.24) is 0 Å². The molecule has 0 saturated heterocycles. The van der Waals surface area contributed by atoms with E-state index in [-0.39, 0.29) is 6.04 Å². The number of hydrogen-bond acceptors (Lipinski definition) is 2. The Morgan fingerprint density at radius 3 is 2.42 bits per heavy atom. The summed E-state index contributed by atoms with van der Waals surface area (Å²) in [6, 6.07) is 11.9. The van der Waals surface area contributed by atoms with Gasteiger partial charge in [0.2, 0.25) is 0 Å². The van der Waals surface area contributed by atoms with E-state index in [1.54, 1.807) is 7.11 Å². The van der Waals surface area contributed by atoms with Gasteiger partial charge in [-0.05, 0) is 47.9 Å². The molecule has 0 bridgehead atoms. The van der Waals surface area contributed by atoms with Crippen LogP contribution in [0.3, 0.4) is 0 Å². The molecular formula is C15H15Br2NO. The van der Waals surface area contributed by atoms with Crippen molar-refractivity contribution in [2.45, 2.75) is 13.0 Å². The van der Waals surface area contributed by atoms with Crippen LogP contribution in [0.1, 0.15) is 22.7 Å². The van der Waals surface area contributed by atoms with Gasteiger partial charge < -0.3 is 10.5 Å². The molecule has 2 rings (SSSR count). The Balaban J connectivity index is 2.40. The summed E-state index contributed by atoms with van der Waals surface area (Å²) in [6.07, 6.45) is 0. The Morgan fingerprint density at radius 1 is 1.11 bits per heavy atom. The summed E-state index contributed by atoms with van der Waals surface area (Å²) in [5, 5.41) is 0. The number of halogens is 2. The zero-order valence-corrected chi connectivity index (χ0v) is 14.0. The summed E-state index contributed by atoms with van der Waals surface area (Å²) in [5.41, 5.74) is 9.66. The van der Waals surface area contributed by atoms with Crippen LogP contribution in [0.5, 0.6) is 5.75 Å². The lowest BCUT2D eigenvalue weighted by Gasteiger charge is -2.16. The zero-order chi connectivity index (χ0) is 14.0. The van der Waals surface area contributed by atoms with Crippen molar-refractivity contribution >= 4 is 31.9 Å². The number of hydrogen-bond donors (Lipinski definition) is 1. The number of aryl methyl sites for hydroxylation is 1. The van der Waals surface area contributed by atoms with Gasteiger partial charge in [-0.1, -0.05) is 44.0 Å². The predicted molar refractivity (Wildman–Crippen MR) is 85.6 cm³/mol. The normalized spacial score (nSPS) is 12.3. The molecule has 2 N–H and O–H groups in total. The highest BCUT2D eigenvalue weighted by molar-refractivity contribution is 9.10. The van der Waals surface area contributed by atoms with Gasteiger partial charge in [-0.15, -0.1) is 0 Å². The predicted octanol–water partition coefficient (Wildman–Crippen LogP) is 4.58. The SMILES string of the molecule is COc1ccc(C(N)c2cc(C)cc(Br)c2)c(Br)c1. The van der Waals surface area contributed by atoms with Gasteiger partial charge in [0.15, 0.2) is 0 Å². The molecule has 0 fully saturated rings. The highest BCUT2D eigenvalue weighted by Gasteiger charge is 2.13. The van der Waals surface area contributed by atoms with Gasteiger partial charge in [-0.3, -0.25) is 0 Å².